The summed E-state index contributed by atoms with van der Waals surface area (Å²) in [6.45, 7) is 6.28. The van der Waals surface area contributed by atoms with Gasteiger partial charge in [-0.15, -0.1) is 0 Å². The zero-order chi connectivity index (χ0) is 10.1. The van der Waals surface area contributed by atoms with Crippen molar-refractivity contribution in [3.63, 3.8) is 0 Å². The summed E-state index contributed by atoms with van der Waals surface area (Å²) in [4.78, 5) is 4.91. The molecule has 0 aliphatic rings. The van der Waals surface area contributed by atoms with Crippen LogP contribution in [0.5, 0.6) is 0 Å². The third kappa shape index (κ3) is 2.56. The summed E-state index contributed by atoms with van der Waals surface area (Å²) in [6.07, 6.45) is 1.63. The van der Waals surface area contributed by atoms with E-state index in [9.17, 15) is 4.21 Å². The fraction of sp³-hybridized carbons (Fsp3) is 0.400. The second-order valence-electron chi connectivity index (χ2n) is 3.97. The molecule has 0 unspecified atom stereocenters. The molecule has 0 bridgehead atoms. The molecule has 0 aliphatic carbocycles. The minimum absolute atomic E-state index is 0.0428. The zero-order valence-electron chi connectivity index (χ0n) is 8.20. The first kappa shape index (κ1) is 10.3. The summed E-state index contributed by atoms with van der Waals surface area (Å²) in [5.41, 5.74) is 1.04. The summed E-state index contributed by atoms with van der Waals surface area (Å²) >= 11 is 0. The molecular formula is C10H14NOS-. The van der Waals surface area contributed by atoms with Crippen LogP contribution in [-0.2, 0) is 20.0 Å². The van der Waals surface area contributed by atoms with Crippen LogP contribution in [0.2, 0.25) is 0 Å². The average Bonchev–Trinajstić information content (AvgIpc) is 2.03. The first-order valence-corrected chi connectivity index (χ1v) is 5.41. The molecular weight excluding hydrogens is 182 g/mol. The maximum absolute atomic E-state index is 11.0. The Morgan fingerprint density at radius 3 is 2.31 bits per heavy atom. The zero-order valence-corrected chi connectivity index (χ0v) is 9.02. The van der Waals surface area contributed by atoms with E-state index in [-0.39, 0.29) is 5.41 Å². The highest BCUT2D eigenvalue weighted by molar-refractivity contribution is 7.82. The Hall–Kier alpha value is -0.830. The highest BCUT2D eigenvalue weighted by Crippen LogP contribution is 2.19. The van der Waals surface area contributed by atoms with Crippen LogP contribution in [0.4, 0.5) is 0 Å². The van der Waals surface area contributed by atoms with Gasteiger partial charge in [0.1, 0.15) is 0 Å². The summed E-state index contributed by atoms with van der Waals surface area (Å²) < 4.78 is 11.0. The molecule has 0 amide bonds. The monoisotopic (exact) mass is 196 g/mol. The molecule has 0 aliphatic heterocycles. The Labute approximate surface area is 81.1 Å². The normalized spacial score (nSPS) is 12.0. The summed E-state index contributed by atoms with van der Waals surface area (Å²) in [5, 5.41) is 0. The number of hydrogen-bond donors (Lipinski definition) is 0. The molecule has 1 heterocycles. The van der Waals surface area contributed by atoms with E-state index < -0.39 is 10.4 Å². The highest BCUT2D eigenvalue weighted by atomic mass is 32.2. The van der Waals surface area contributed by atoms with E-state index in [1.807, 2.05) is 12.1 Å². The second-order valence-corrected chi connectivity index (χ2v) is 5.14. The van der Waals surface area contributed by atoms with Crippen molar-refractivity contribution in [3.8, 4) is 0 Å². The van der Waals surface area contributed by atoms with Crippen LogP contribution < -0.4 is 0 Å². The van der Waals surface area contributed by atoms with Crippen LogP contribution in [0.15, 0.2) is 23.2 Å². The van der Waals surface area contributed by atoms with Crippen LogP contribution in [0.3, 0.4) is 0 Å². The van der Waals surface area contributed by atoms with E-state index in [0.29, 0.717) is 4.90 Å². The van der Waals surface area contributed by atoms with Crippen molar-refractivity contribution < 1.29 is 4.21 Å². The van der Waals surface area contributed by atoms with Gasteiger partial charge in [-0.3, -0.25) is 4.98 Å². The third-order valence-electron chi connectivity index (χ3n) is 1.77. The van der Waals surface area contributed by atoms with Gasteiger partial charge in [0.25, 0.3) is 0 Å². The van der Waals surface area contributed by atoms with Crippen LogP contribution in [0.1, 0.15) is 26.5 Å². The molecule has 0 aromatic carbocycles. The molecule has 0 saturated heterocycles. The topological polar surface area (TPSA) is 30.0 Å². The van der Waals surface area contributed by atoms with Crippen LogP contribution >= 0.6 is 0 Å². The van der Waals surface area contributed by atoms with Gasteiger partial charge in [0.2, 0.25) is 0 Å². The molecule has 0 N–H and O–H groups in total. The Bertz CT molecular complexity index is 350. The Balaban J connectivity index is 3.08. The molecule has 0 fully saturated rings. The van der Waals surface area contributed by atoms with Gasteiger partial charge < -0.3 is 4.21 Å². The van der Waals surface area contributed by atoms with Gasteiger partial charge in [0.15, 0.2) is 0 Å². The van der Waals surface area contributed by atoms with Gasteiger partial charge in [0, 0.05) is 17.3 Å². The van der Waals surface area contributed by atoms with Crippen molar-refractivity contribution in [1.82, 2.24) is 4.98 Å². The lowest BCUT2D eigenvalue weighted by molar-refractivity contribution is 0.567. The number of pyridine rings is 1. The Kier molecular flexibility index (Phi) is 2.76. The molecule has 0 spiro atoms. The van der Waals surface area contributed by atoms with E-state index in [4.69, 9.17) is 0 Å². The Morgan fingerprint density at radius 1 is 1.38 bits per heavy atom. The first-order chi connectivity index (χ1) is 5.91. The van der Waals surface area contributed by atoms with Gasteiger partial charge in [-0.2, -0.15) is 5.87 Å². The van der Waals surface area contributed by atoms with E-state index in [1.165, 1.54) is 0 Å². The lowest BCUT2D eigenvalue weighted by Gasteiger charge is -2.18. The van der Waals surface area contributed by atoms with Gasteiger partial charge in [0.05, 0.1) is 0 Å². The summed E-state index contributed by atoms with van der Waals surface area (Å²) in [7, 11) is -1.18. The van der Waals surface area contributed by atoms with Crippen molar-refractivity contribution >= 4 is 16.3 Å². The van der Waals surface area contributed by atoms with Crippen LogP contribution in [-0.4, -0.2) is 10.9 Å². The molecule has 13 heavy (non-hydrogen) atoms. The van der Waals surface area contributed by atoms with Crippen molar-refractivity contribution in [3.05, 3.63) is 24.0 Å². The third-order valence-corrected chi connectivity index (χ3v) is 2.53. The van der Waals surface area contributed by atoms with E-state index >= 15 is 0 Å². The Morgan fingerprint density at radius 2 is 2.00 bits per heavy atom. The second kappa shape index (κ2) is 3.50. The molecule has 0 radical (unpaired) electrons. The number of rotatable bonds is 1. The predicted molar refractivity (Wildman–Crippen MR) is 56.4 cm³/mol. The summed E-state index contributed by atoms with van der Waals surface area (Å²) in [6, 6.07) is 3.72. The molecule has 0 atom stereocenters. The van der Waals surface area contributed by atoms with Gasteiger partial charge in [-0.1, -0.05) is 31.7 Å². The minimum atomic E-state index is -1.18. The van der Waals surface area contributed by atoms with Crippen molar-refractivity contribution in [1.29, 1.82) is 0 Å². The van der Waals surface area contributed by atoms with Gasteiger partial charge >= 0.3 is 0 Å². The molecule has 1 rings (SSSR count). The lowest BCUT2D eigenvalue weighted by Crippen LogP contribution is -2.13. The van der Waals surface area contributed by atoms with Gasteiger partial charge in [-0.05, 0) is 6.07 Å². The quantitative estimate of drug-likeness (QED) is 0.509. The molecule has 72 valence electrons. The standard InChI is InChI=1S/C10H14NOS/c1-10(2,3)9-6-5-8(7-11-9)13(4)12/h5-7H,4H2,1-3H3/q-1. The number of nitrogens with zero attached hydrogens (tertiary/aromatic N) is 1. The number of hydrogen-bond acceptors (Lipinski definition) is 3. The minimum Gasteiger partial charge on any atom is -0.457 e. The molecule has 1 aromatic heterocycles. The molecule has 2 nitrogen and oxygen atoms in total. The maximum atomic E-state index is 11.0. The highest BCUT2D eigenvalue weighted by Gasteiger charge is 2.13. The largest absolute Gasteiger partial charge is 0.457 e. The van der Waals surface area contributed by atoms with E-state index in [0.717, 1.165) is 5.69 Å². The van der Waals surface area contributed by atoms with Crippen molar-refractivity contribution in [2.75, 3.05) is 0 Å². The van der Waals surface area contributed by atoms with Crippen molar-refractivity contribution in [2.45, 2.75) is 31.1 Å². The predicted octanol–water partition coefficient (Wildman–Crippen LogP) is 2.13. The SMILES string of the molecule is C=[S-](=O)c1ccc(C(C)(C)C)nc1. The first-order valence-electron chi connectivity index (χ1n) is 4.09. The van der Waals surface area contributed by atoms with Crippen LogP contribution in [0, 0.1) is 0 Å². The molecule has 3 heteroatoms. The van der Waals surface area contributed by atoms with E-state index in [2.05, 4.69) is 31.6 Å². The van der Waals surface area contributed by atoms with E-state index in [1.54, 1.807) is 6.20 Å². The van der Waals surface area contributed by atoms with Crippen LogP contribution in [0.25, 0.3) is 0 Å². The number of aromatic nitrogens is 1. The maximum Gasteiger partial charge on any atom is 0.0455 e. The lowest BCUT2D eigenvalue weighted by atomic mass is 9.92. The smallest absolute Gasteiger partial charge is 0.0455 e. The molecule has 0 saturated carbocycles. The molecule has 1 aromatic rings. The van der Waals surface area contributed by atoms with Gasteiger partial charge in [-0.25, -0.2) is 10.4 Å². The fourth-order valence-electron chi connectivity index (χ4n) is 0.959. The fourth-order valence-corrected chi connectivity index (χ4v) is 1.35. The summed E-state index contributed by atoms with van der Waals surface area (Å²) in [5.74, 6) is 3.43. The van der Waals surface area contributed by atoms with Crippen molar-refractivity contribution in [2.24, 2.45) is 0 Å². The average molecular weight is 196 g/mol.